The van der Waals surface area contributed by atoms with Crippen LogP contribution < -0.4 is 5.73 Å². The maximum atomic E-state index is 5.82. The molecule has 0 atom stereocenters. The highest BCUT2D eigenvalue weighted by molar-refractivity contribution is 7.98. The Morgan fingerprint density at radius 2 is 2.00 bits per heavy atom. The summed E-state index contributed by atoms with van der Waals surface area (Å²) in [4.78, 5) is 4.46. The SMILES string of the molecule is CSc1nc(-c2ccccc2)sc1N. The average molecular weight is 222 g/mol. The van der Waals surface area contributed by atoms with E-state index in [1.165, 1.54) is 11.3 Å². The molecule has 4 heteroatoms. The third-order valence-corrected chi connectivity index (χ3v) is 3.60. The van der Waals surface area contributed by atoms with Crippen molar-refractivity contribution < 1.29 is 0 Å². The van der Waals surface area contributed by atoms with E-state index >= 15 is 0 Å². The first-order chi connectivity index (χ1) is 6.81. The third-order valence-electron chi connectivity index (χ3n) is 1.83. The van der Waals surface area contributed by atoms with E-state index in [1.54, 1.807) is 11.8 Å². The van der Waals surface area contributed by atoms with Crippen LogP contribution in [0.2, 0.25) is 0 Å². The molecular formula is C10H10N2S2. The Kier molecular flexibility index (Phi) is 2.74. The highest BCUT2D eigenvalue weighted by atomic mass is 32.2. The summed E-state index contributed by atoms with van der Waals surface area (Å²) in [6.45, 7) is 0. The molecule has 1 aromatic carbocycles. The predicted octanol–water partition coefficient (Wildman–Crippen LogP) is 3.11. The van der Waals surface area contributed by atoms with Gasteiger partial charge in [-0.1, -0.05) is 41.7 Å². The molecule has 2 rings (SSSR count). The molecule has 0 aliphatic heterocycles. The van der Waals surface area contributed by atoms with Gasteiger partial charge in [0.25, 0.3) is 0 Å². The molecule has 72 valence electrons. The van der Waals surface area contributed by atoms with Crippen LogP contribution in [0.25, 0.3) is 10.6 Å². The van der Waals surface area contributed by atoms with E-state index in [1.807, 2.05) is 36.6 Å². The molecule has 0 aliphatic rings. The minimum absolute atomic E-state index is 0.802. The van der Waals surface area contributed by atoms with Gasteiger partial charge in [-0.3, -0.25) is 0 Å². The first kappa shape index (κ1) is 9.55. The molecule has 1 heterocycles. The zero-order valence-corrected chi connectivity index (χ0v) is 9.36. The monoisotopic (exact) mass is 222 g/mol. The zero-order valence-electron chi connectivity index (χ0n) is 7.73. The van der Waals surface area contributed by atoms with Crippen LogP contribution in [0.3, 0.4) is 0 Å². The van der Waals surface area contributed by atoms with Gasteiger partial charge in [-0.2, -0.15) is 0 Å². The molecular weight excluding hydrogens is 212 g/mol. The van der Waals surface area contributed by atoms with Gasteiger partial charge in [0, 0.05) is 5.56 Å². The van der Waals surface area contributed by atoms with E-state index in [2.05, 4.69) is 4.98 Å². The van der Waals surface area contributed by atoms with Crippen LogP contribution in [0, 0.1) is 0 Å². The topological polar surface area (TPSA) is 38.9 Å². The number of benzene rings is 1. The molecule has 1 aromatic heterocycles. The van der Waals surface area contributed by atoms with Crippen LogP contribution in [-0.4, -0.2) is 11.2 Å². The molecule has 0 saturated carbocycles. The number of thioether (sulfide) groups is 1. The van der Waals surface area contributed by atoms with Gasteiger partial charge in [-0.15, -0.1) is 11.8 Å². The number of thiazole rings is 1. The predicted molar refractivity (Wildman–Crippen MR) is 63.7 cm³/mol. The molecule has 0 bridgehead atoms. The Balaban J connectivity index is 2.43. The first-order valence-electron chi connectivity index (χ1n) is 4.17. The van der Waals surface area contributed by atoms with Gasteiger partial charge in [0.2, 0.25) is 0 Å². The van der Waals surface area contributed by atoms with Gasteiger partial charge in [-0.05, 0) is 6.26 Å². The Morgan fingerprint density at radius 3 is 2.57 bits per heavy atom. The summed E-state index contributed by atoms with van der Waals surface area (Å²) >= 11 is 3.12. The molecule has 0 aliphatic carbocycles. The highest BCUT2D eigenvalue weighted by Gasteiger charge is 2.08. The molecule has 2 aromatic rings. The number of nitrogens with zero attached hydrogens (tertiary/aromatic N) is 1. The van der Waals surface area contributed by atoms with Gasteiger partial charge >= 0.3 is 0 Å². The summed E-state index contributed by atoms with van der Waals surface area (Å²) in [5.41, 5.74) is 6.95. The average Bonchev–Trinajstić information content (AvgIpc) is 2.61. The van der Waals surface area contributed by atoms with Crippen molar-refractivity contribution in [3.8, 4) is 10.6 Å². The number of hydrogen-bond acceptors (Lipinski definition) is 4. The van der Waals surface area contributed by atoms with Crippen molar-refractivity contribution in [1.82, 2.24) is 4.98 Å². The van der Waals surface area contributed by atoms with Gasteiger partial charge in [0.1, 0.15) is 15.0 Å². The Labute approximate surface area is 91.2 Å². The molecule has 14 heavy (non-hydrogen) atoms. The Hall–Kier alpha value is -1.00. The fourth-order valence-electron chi connectivity index (χ4n) is 1.17. The lowest BCUT2D eigenvalue weighted by molar-refractivity contribution is 1.22. The zero-order chi connectivity index (χ0) is 9.97. The molecule has 0 unspecified atom stereocenters. The maximum Gasteiger partial charge on any atom is 0.131 e. The van der Waals surface area contributed by atoms with Gasteiger partial charge < -0.3 is 5.73 Å². The normalized spacial score (nSPS) is 10.4. The molecule has 2 N–H and O–H groups in total. The van der Waals surface area contributed by atoms with Crippen molar-refractivity contribution in [2.24, 2.45) is 0 Å². The lowest BCUT2D eigenvalue weighted by Gasteiger charge is -1.92. The van der Waals surface area contributed by atoms with Crippen LogP contribution in [-0.2, 0) is 0 Å². The molecule has 2 nitrogen and oxygen atoms in total. The van der Waals surface area contributed by atoms with Crippen molar-refractivity contribution in [2.45, 2.75) is 5.03 Å². The van der Waals surface area contributed by atoms with Crippen LogP contribution >= 0.6 is 23.1 Å². The Morgan fingerprint density at radius 1 is 1.29 bits per heavy atom. The lowest BCUT2D eigenvalue weighted by Crippen LogP contribution is -1.80. The van der Waals surface area contributed by atoms with Crippen LogP contribution in [0.1, 0.15) is 0 Å². The highest BCUT2D eigenvalue weighted by Crippen LogP contribution is 2.33. The minimum atomic E-state index is 0.802. The third kappa shape index (κ3) is 1.76. The summed E-state index contributed by atoms with van der Waals surface area (Å²) in [7, 11) is 0. The second-order valence-corrected chi connectivity index (χ2v) is 4.58. The summed E-state index contributed by atoms with van der Waals surface area (Å²) in [6.07, 6.45) is 1.99. The molecule has 0 radical (unpaired) electrons. The first-order valence-corrected chi connectivity index (χ1v) is 6.21. The van der Waals surface area contributed by atoms with Crippen molar-refractivity contribution in [1.29, 1.82) is 0 Å². The summed E-state index contributed by atoms with van der Waals surface area (Å²) in [6, 6.07) is 10.1. The molecule has 0 amide bonds. The fourth-order valence-corrected chi connectivity index (χ4v) is 2.72. The number of anilines is 1. The van der Waals surface area contributed by atoms with Crippen LogP contribution in [0.15, 0.2) is 35.4 Å². The number of rotatable bonds is 2. The quantitative estimate of drug-likeness (QED) is 0.793. The van der Waals surface area contributed by atoms with E-state index in [0.29, 0.717) is 0 Å². The number of hydrogen-bond donors (Lipinski definition) is 1. The van der Waals surface area contributed by atoms with Crippen molar-refractivity contribution >= 4 is 28.1 Å². The number of aromatic nitrogens is 1. The minimum Gasteiger partial charge on any atom is -0.388 e. The maximum absolute atomic E-state index is 5.82. The smallest absolute Gasteiger partial charge is 0.131 e. The molecule has 0 saturated heterocycles. The lowest BCUT2D eigenvalue weighted by atomic mass is 10.2. The summed E-state index contributed by atoms with van der Waals surface area (Å²) < 4.78 is 0. The van der Waals surface area contributed by atoms with E-state index < -0.39 is 0 Å². The van der Waals surface area contributed by atoms with Gasteiger partial charge in [-0.25, -0.2) is 4.98 Å². The largest absolute Gasteiger partial charge is 0.388 e. The second-order valence-electron chi connectivity index (χ2n) is 2.76. The number of nitrogen functional groups attached to an aromatic ring is 1. The molecule has 0 spiro atoms. The standard InChI is InChI=1S/C10H10N2S2/c1-13-10-8(11)14-9(12-10)7-5-3-2-4-6-7/h2-6H,11H2,1H3. The van der Waals surface area contributed by atoms with Crippen molar-refractivity contribution in [3.63, 3.8) is 0 Å². The Bertz CT molecular complexity index is 423. The second kappa shape index (κ2) is 4.02. The van der Waals surface area contributed by atoms with Gasteiger partial charge in [0.15, 0.2) is 0 Å². The summed E-state index contributed by atoms with van der Waals surface area (Å²) in [5.74, 6) is 0. The van der Waals surface area contributed by atoms with Crippen LogP contribution in [0.4, 0.5) is 5.00 Å². The van der Waals surface area contributed by atoms with Gasteiger partial charge in [0.05, 0.1) is 0 Å². The van der Waals surface area contributed by atoms with E-state index in [-0.39, 0.29) is 0 Å². The van der Waals surface area contributed by atoms with Crippen molar-refractivity contribution in [3.05, 3.63) is 30.3 Å². The number of nitrogens with two attached hydrogens (primary N) is 1. The van der Waals surface area contributed by atoms with Crippen molar-refractivity contribution in [2.75, 3.05) is 12.0 Å². The van der Waals surface area contributed by atoms with E-state index in [9.17, 15) is 0 Å². The van der Waals surface area contributed by atoms with Crippen LogP contribution in [0.5, 0.6) is 0 Å². The molecule has 0 fully saturated rings. The van der Waals surface area contributed by atoms with E-state index in [4.69, 9.17) is 5.73 Å². The fraction of sp³-hybridized carbons (Fsp3) is 0.100. The van der Waals surface area contributed by atoms with E-state index in [0.717, 1.165) is 20.6 Å². The summed E-state index contributed by atoms with van der Waals surface area (Å²) in [5, 5.41) is 2.72.